The summed E-state index contributed by atoms with van der Waals surface area (Å²) in [4.78, 5) is 25.6. The maximum atomic E-state index is 11.0. The Balaban J connectivity index is 2.17. The van der Waals surface area contributed by atoms with E-state index in [0.29, 0.717) is 11.6 Å². The molecule has 0 bridgehead atoms. The smallest absolute Gasteiger partial charge is 0.342 e. The van der Waals surface area contributed by atoms with E-state index < -0.39 is 10.9 Å². The molecule has 1 atom stereocenters. The Morgan fingerprint density at radius 3 is 2.81 bits per heavy atom. The lowest BCUT2D eigenvalue weighted by Gasteiger charge is -2.23. The molecule has 0 radical (unpaired) electrons. The second-order valence-electron chi connectivity index (χ2n) is 5.56. The lowest BCUT2D eigenvalue weighted by atomic mass is 10.1. The molecular formula is C14H19N3O4. The first kappa shape index (κ1) is 15.2. The Kier molecular flexibility index (Phi) is 4.42. The summed E-state index contributed by atoms with van der Waals surface area (Å²) in [6.07, 6.45) is 1.11. The summed E-state index contributed by atoms with van der Waals surface area (Å²) in [5, 5.41) is 20.0. The van der Waals surface area contributed by atoms with Crippen molar-refractivity contribution in [1.29, 1.82) is 0 Å². The van der Waals surface area contributed by atoms with Gasteiger partial charge < -0.3 is 14.9 Å². The van der Waals surface area contributed by atoms with Crippen molar-refractivity contribution in [3.05, 3.63) is 33.9 Å². The SMILES string of the molecule is CN1CCC(CN(C)c2ccc(C(=O)O)c([N+](=O)[O-])c2)C1. The van der Waals surface area contributed by atoms with E-state index in [1.807, 2.05) is 11.9 Å². The van der Waals surface area contributed by atoms with Gasteiger partial charge >= 0.3 is 5.97 Å². The molecular weight excluding hydrogens is 274 g/mol. The maximum Gasteiger partial charge on any atom is 0.342 e. The van der Waals surface area contributed by atoms with Crippen LogP contribution < -0.4 is 4.90 Å². The van der Waals surface area contributed by atoms with Crippen LogP contribution in [0.2, 0.25) is 0 Å². The van der Waals surface area contributed by atoms with Crippen LogP contribution in [0.4, 0.5) is 11.4 Å². The van der Waals surface area contributed by atoms with Gasteiger partial charge in [0.25, 0.3) is 5.69 Å². The summed E-state index contributed by atoms with van der Waals surface area (Å²) in [5.41, 5.74) is 0.0226. The zero-order chi connectivity index (χ0) is 15.6. The number of likely N-dealkylation sites (tertiary alicyclic amines) is 1. The highest BCUT2D eigenvalue weighted by molar-refractivity contribution is 5.93. The summed E-state index contributed by atoms with van der Waals surface area (Å²) in [6.45, 7) is 2.88. The average Bonchev–Trinajstić information content (AvgIpc) is 2.83. The van der Waals surface area contributed by atoms with Crippen molar-refractivity contribution in [2.24, 2.45) is 5.92 Å². The predicted molar refractivity (Wildman–Crippen MR) is 78.9 cm³/mol. The molecule has 1 N–H and O–H groups in total. The molecule has 1 aliphatic heterocycles. The quantitative estimate of drug-likeness (QED) is 0.656. The standard InChI is InChI=1S/C14H19N3O4/c1-15-6-5-10(8-15)9-16(2)11-3-4-12(14(18)19)13(7-11)17(20)21/h3-4,7,10H,5-6,8-9H2,1-2H3,(H,18,19). The molecule has 0 aromatic heterocycles. The number of benzene rings is 1. The number of carboxylic acids is 1. The number of aromatic carboxylic acids is 1. The van der Waals surface area contributed by atoms with Crippen molar-refractivity contribution < 1.29 is 14.8 Å². The summed E-state index contributed by atoms with van der Waals surface area (Å²) in [7, 11) is 3.95. The van der Waals surface area contributed by atoms with Crippen LogP contribution in [0.1, 0.15) is 16.8 Å². The molecule has 114 valence electrons. The average molecular weight is 293 g/mol. The van der Waals surface area contributed by atoms with E-state index in [9.17, 15) is 14.9 Å². The Bertz CT molecular complexity index is 561. The summed E-state index contributed by atoms with van der Waals surface area (Å²) >= 11 is 0. The van der Waals surface area contributed by atoms with E-state index in [4.69, 9.17) is 5.11 Å². The zero-order valence-corrected chi connectivity index (χ0v) is 12.2. The minimum Gasteiger partial charge on any atom is -0.477 e. The minimum atomic E-state index is -1.28. The van der Waals surface area contributed by atoms with Crippen molar-refractivity contribution in [2.45, 2.75) is 6.42 Å². The number of carboxylic acid groups (broad SMARTS) is 1. The van der Waals surface area contributed by atoms with Gasteiger partial charge in [-0.25, -0.2) is 4.79 Å². The highest BCUT2D eigenvalue weighted by Crippen LogP contribution is 2.26. The summed E-state index contributed by atoms with van der Waals surface area (Å²) in [5.74, 6) is -0.758. The van der Waals surface area contributed by atoms with Crippen LogP contribution in [-0.4, -0.2) is 54.6 Å². The normalized spacial score (nSPS) is 18.7. The van der Waals surface area contributed by atoms with Crippen molar-refractivity contribution in [3.63, 3.8) is 0 Å². The predicted octanol–water partition coefficient (Wildman–Crippen LogP) is 1.68. The molecule has 1 unspecified atom stereocenters. The number of carbonyl (C=O) groups is 1. The molecule has 2 rings (SSSR count). The van der Waals surface area contributed by atoms with Crippen LogP contribution in [0.5, 0.6) is 0 Å². The molecule has 1 heterocycles. The molecule has 0 spiro atoms. The van der Waals surface area contributed by atoms with E-state index >= 15 is 0 Å². The molecule has 7 nitrogen and oxygen atoms in total. The third-order valence-electron chi connectivity index (χ3n) is 3.87. The van der Waals surface area contributed by atoms with Gasteiger partial charge in [0.2, 0.25) is 0 Å². The molecule has 1 aromatic rings. The molecule has 0 amide bonds. The highest BCUT2D eigenvalue weighted by Gasteiger charge is 2.24. The first-order valence-corrected chi connectivity index (χ1v) is 6.80. The number of nitrogens with zero attached hydrogens (tertiary/aromatic N) is 3. The van der Waals surface area contributed by atoms with E-state index in [-0.39, 0.29) is 11.3 Å². The lowest BCUT2D eigenvalue weighted by molar-refractivity contribution is -0.385. The van der Waals surface area contributed by atoms with Crippen LogP contribution in [0.3, 0.4) is 0 Å². The fourth-order valence-corrected chi connectivity index (χ4v) is 2.76. The second-order valence-corrected chi connectivity index (χ2v) is 5.56. The summed E-state index contributed by atoms with van der Waals surface area (Å²) in [6, 6.07) is 4.25. The molecule has 1 saturated heterocycles. The van der Waals surface area contributed by atoms with Gasteiger partial charge in [-0.05, 0) is 38.1 Å². The Morgan fingerprint density at radius 2 is 2.29 bits per heavy atom. The third-order valence-corrected chi connectivity index (χ3v) is 3.87. The van der Waals surface area contributed by atoms with Gasteiger partial charge in [0, 0.05) is 31.9 Å². The molecule has 1 aromatic carbocycles. The van der Waals surface area contributed by atoms with Gasteiger partial charge in [-0.15, -0.1) is 0 Å². The van der Waals surface area contributed by atoms with Crippen molar-refractivity contribution in [3.8, 4) is 0 Å². The number of hydrogen-bond acceptors (Lipinski definition) is 5. The Hall–Kier alpha value is -2.15. The monoisotopic (exact) mass is 293 g/mol. The van der Waals surface area contributed by atoms with Gasteiger partial charge in [0.15, 0.2) is 0 Å². The van der Waals surface area contributed by atoms with E-state index in [2.05, 4.69) is 11.9 Å². The van der Waals surface area contributed by atoms with Gasteiger partial charge in [-0.1, -0.05) is 0 Å². The first-order chi connectivity index (χ1) is 9.88. The van der Waals surface area contributed by atoms with Crippen LogP contribution in [0.15, 0.2) is 18.2 Å². The number of hydrogen-bond donors (Lipinski definition) is 1. The molecule has 21 heavy (non-hydrogen) atoms. The van der Waals surface area contributed by atoms with Crippen LogP contribution in [-0.2, 0) is 0 Å². The molecule has 0 aliphatic carbocycles. The van der Waals surface area contributed by atoms with Crippen LogP contribution in [0, 0.1) is 16.0 Å². The van der Waals surface area contributed by atoms with E-state index in [1.165, 1.54) is 12.1 Å². The van der Waals surface area contributed by atoms with Crippen LogP contribution >= 0.6 is 0 Å². The number of nitro groups is 1. The largest absolute Gasteiger partial charge is 0.477 e. The first-order valence-electron chi connectivity index (χ1n) is 6.80. The molecule has 1 fully saturated rings. The van der Waals surface area contributed by atoms with Crippen molar-refractivity contribution >= 4 is 17.3 Å². The van der Waals surface area contributed by atoms with Gasteiger partial charge in [-0.2, -0.15) is 0 Å². The van der Waals surface area contributed by atoms with Crippen LogP contribution in [0.25, 0.3) is 0 Å². The number of anilines is 1. The molecule has 0 saturated carbocycles. The zero-order valence-electron chi connectivity index (χ0n) is 12.2. The fraction of sp³-hybridized carbons (Fsp3) is 0.500. The fourth-order valence-electron chi connectivity index (χ4n) is 2.76. The Labute approximate surface area is 122 Å². The van der Waals surface area contributed by atoms with Gasteiger partial charge in [-0.3, -0.25) is 10.1 Å². The lowest BCUT2D eigenvalue weighted by Crippen LogP contribution is -2.27. The van der Waals surface area contributed by atoms with Crippen molar-refractivity contribution in [2.75, 3.05) is 38.6 Å². The highest BCUT2D eigenvalue weighted by atomic mass is 16.6. The molecule has 1 aliphatic rings. The summed E-state index contributed by atoms with van der Waals surface area (Å²) < 4.78 is 0. The third kappa shape index (κ3) is 3.49. The van der Waals surface area contributed by atoms with Crippen molar-refractivity contribution in [1.82, 2.24) is 4.90 Å². The topological polar surface area (TPSA) is 86.9 Å². The molecule has 7 heteroatoms. The van der Waals surface area contributed by atoms with E-state index in [0.717, 1.165) is 26.1 Å². The van der Waals surface area contributed by atoms with Gasteiger partial charge in [0.1, 0.15) is 5.56 Å². The minimum absolute atomic E-state index is 0.280. The Morgan fingerprint density at radius 1 is 1.57 bits per heavy atom. The number of rotatable bonds is 5. The van der Waals surface area contributed by atoms with E-state index in [1.54, 1.807) is 6.07 Å². The second kappa shape index (κ2) is 6.09. The maximum absolute atomic E-state index is 11.0. The number of nitro benzene ring substituents is 1. The van der Waals surface area contributed by atoms with Gasteiger partial charge in [0.05, 0.1) is 4.92 Å².